The van der Waals surface area contributed by atoms with Gasteiger partial charge in [0.2, 0.25) is 5.82 Å². The molecule has 0 aliphatic carbocycles. The molecule has 5 nitrogen and oxygen atoms in total. The Morgan fingerprint density at radius 2 is 2.06 bits per heavy atom. The molecule has 1 aromatic carbocycles. The molecule has 1 unspecified atom stereocenters. The molecule has 5 heteroatoms. The second-order valence-electron chi connectivity index (χ2n) is 4.29. The van der Waals surface area contributed by atoms with Gasteiger partial charge in [0.1, 0.15) is 0 Å². The van der Waals surface area contributed by atoms with E-state index in [0.717, 1.165) is 5.56 Å². The van der Waals surface area contributed by atoms with Crippen molar-refractivity contribution >= 4 is 6.01 Å². The summed E-state index contributed by atoms with van der Waals surface area (Å²) in [5, 5.41) is 7.02. The molecule has 0 saturated carbocycles. The largest absolute Gasteiger partial charge is 0.383 e. The predicted molar refractivity (Wildman–Crippen MR) is 69.4 cm³/mol. The predicted octanol–water partition coefficient (Wildman–Crippen LogP) is 2.49. The highest BCUT2D eigenvalue weighted by molar-refractivity contribution is 5.55. The van der Waals surface area contributed by atoms with Crippen LogP contribution in [0.15, 0.2) is 28.8 Å². The van der Waals surface area contributed by atoms with Crippen molar-refractivity contribution in [3.63, 3.8) is 0 Å². The number of ether oxygens (including phenoxy) is 1. The first-order valence-electron chi connectivity index (χ1n) is 5.85. The SMILES string of the molecule is COCC(C)Nc1nc(-c2ccc(C)cc2)no1. The number of aromatic nitrogens is 2. The van der Waals surface area contributed by atoms with Crippen LogP contribution in [0.1, 0.15) is 12.5 Å². The van der Waals surface area contributed by atoms with E-state index in [0.29, 0.717) is 18.4 Å². The molecule has 0 amide bonds. The Bertz CT molecular complexity index is 493. The van der Waals surface area contributed by atoms with Crippen LogP contribution in [0.3, 0.4) is 0 Å². The normalized spacial score (nSPS) is 12.4. The Kier molecular flexibility index (Phi) is 3.94. The lowest BCUT2D eigenvalue weighted by molar-refractivity contribution is 0.189. The van der Waals surface area contributed by atoms with Gasteiger partial charge in [-0.2, -0.15) is 4.98 Å². The third-order valence-electron chi connectivity index (χ3n) is 2.52. The van der Waals surface area contributed by atoms with Crippen molar-refractivity contribution in [3.05, 3.63) is 29.8 Å². The first-order chi connectivity index (χ1) is 8.69. The molecule has 0 bridgehead atoms. The van der Waals surface area contributed by atoms with E-state index in [9.17, 15) is 0 Å². The minimum Gasteiger partial charge on any atom is -0.383 e. The van der Waals surface area contributed by atoms with Crippen molar-refractivity contribution in [3.8, 4) is 11.4 Å². The third kappa shape index (κ3) is 3.07. The first kappa shape index (κ1) is 12.6. The zero-order valence-electron chi connectivity index (χ0n) is 10.8. The smallest absolute Gasteiger partial charge is 0.322 e. The third-order valence-corrected chi connectivity index (χ3v) is 2.52. The molecule has 1 aromatic heterocycles. The summed E-state index contributed by atoms with van der Waals surface area (Å²) in [6.45, 7) is 4.61. The van der Waals surface area contributed by atoms with Gasteiger partial charge in [0.05, 0.1) is 12.6 Å². The van der Waals surface area contributed by atoms with Crippen LogP contribution >= 0.6 is 0 Å². The maximum absolute atomic E-state index is 5.14. The van der Waals surface area contributed by atoms with E-state index >= 15 is 0 Å². The first-order valence-corrected chi connectivity index (χ1v) is 5.85. The van der Waals surface area contributed by atoms with E-state index in [4.69, 9.17) is 9.26 Å². The Balaban J connectivity index is 2.08. The van der Waals surface area contributed by atoms with Gasteiger partial charge >= 0.3 is 6.01 Å². The van der Waals surface area contributed by atoms with Crippen molar-refractivity contribution in [1.82, 2.24) is 10.1 Å². The lowest BCUT2D eigenvalue weighted by atomic mass is 10.1. The van der Waals surface area contributed by atoms with Crippen LogP contribution in [0.25, 0.3) is 11.4 Å². The molecule has 2 rings (SSSR count). The Labute approximate surface area is 106 Å². The van der Waals surface area contributed by atoms with Crippen molar-refractivity contribution in [2.24, 2.45) is 0 Å². The summed E-state index contributed by atoms with van der Waals surface area (Å²) < 4.78 is 10.2. The Morgan fingerprint density at radius 1 is 1.33 bits per heavy atom. The van der Waals surface area contributed by atoms with E-state index in [2.05, 4.69) is 15.5 Å². The van der Waals surface area contributed by atoms with E-state index in [1.165, 1.54) is 5.56 Å². The second-order valence-corrected chi connectivity index (χ2v) is 4.29. The van der Waals surface area contributed by atoms with E-state index in [1.807, 2.05) is 38.1 Å². The lowest BCUT2D eigenvalue weighted by Gasteiger charge is -2.08. The number of aryl methyl sites for hydroxylation is 1. The fourth-order valence-corrected chi connectivity index (χ4v) is 1.60. The van der Waals surface area contributed by atoms with Gasteiger partial charge in [0.15, 0.2) is 0 Å². The van der Waals surface area contributed by atoms with Gasteiger partial charge in [0, 0.05) is 12.7 Å². The monoisotopic (exact) mass is 247 g/mol. The zero-order chi connectivity index (χ0) is 13.0. The molecule has 0 spiro atoms. The molecule has 96 valence electrons. The van der Waals surface area contributed by atoms with Crippen LogP contribution in [0.4, 0.5) is 6.01 Å². The van der Waals surface area contributed by atoms with Crippen LogP contribution in [0.5, 0.6) is 0 Å². The van der Waals surface area contributed by atoms with Crippen molar-refractivity contribution in [1.29, 1.82) is 0 Å². The van der Waals surface area contributed by atoms with Crippen LogP contribution < -0.4 is 5.32 Å². The summed E-state index contributed by atoms with van der Waals surface area (Å²) in [5.41, 5.74) is 2.14. The molecule has 0 aliphatic rings. The number of anilines is 1. The summed E-state index contributed by atoms with van der Waals surface area (Å²) in [4.78, 5) is 4.29. The highest BCUT2D eigenvalue weighted by Gasteiger charge is 2.10. The van der Waals surface area contributed by atoms with Gasteiger partial charge in [0.25, 0.3) is 0 Å². The minimum atomic E-state index is 0.126. The highest BCUT2D eigenvalue weighted by atomic mass is 16.5. The van der Waals surface area contributed by atoms with Gasteiger partial charge in [-0.25, -0.2) is 0 Å². The summed E-state index contributed by atoms with van der Waals surface area (Å²) in [6, 6.07) is 8.53. The number of methoxy groups -OCH3 is 1. The van der Waals surface area contributed by atoms with Crippen LogP contribution in [-0.4, -0.2) is 29.9 Å². The topological polar surface area (TPSA) is 60.2 Å². The summed E-state index contributed by atoms with van der Waals surface area (Å²) in [5.74, 6) is 0.585. The average Bonchev–Trinajstić information content (AvgIpc) is 2.78. The van der Waals surface area contributed by atoms with E-state index in [1.54, 1.807) is 7.11 Å². The second kappa shape index (κ2) is 5.64. The molecule has 2 aromatic rings. The Morgan fingerprint density at radius 3 is 2.72 bits per heavy atom. The molecule has 18 heavy (non-hydrogen) atoms. The summed E-state index contributed by atoms with van der Waals surface area (Å²) >= 11 is 0. The highest BCUT2D eigenvalue weighted by Crippen LogP contribution is 2.18. The van der Waals surface area contributed by atoms with Crippen molar-refractivity contribution in [2.75, 3.05) is 19.0 Å². The van der Waals surface area contributed by atoms with Crippen LogP contribution in [0, 0.1) is 6.92 Å². The maximum Gasteiger partial charge on any atom is 0.322 e. The molecule has 1 heterocycles. The lowest BCUT2D eigenvalue weighted by Crippen LogP contribution is -2.20. The fraction of sp³-hybridized carbons (Fsp3) is 0.385. The van der Waals surface area contributed by atoms with Crippen LogP contribution in [-0.2, 0) is 4.74 Å². The molecule has 1 N–H and O–H groups in total. The number of benzene rings is 1. The summed E-state index contributed by atoms with van der Waals surface area (Å²) in [7, 11) is 1.66. The number of hydrogen-bond acceptors (Lipinski definition) is 5. The molecular weight excluding hydrogens is 230 g/mol. The number of nitrogens with one attached hydrogen (secondary N) is 1. The molecule has 1 atom stereocenters. The van der Waals surface area contributed by atoms with Crippen molar-refractivity contribution in [2.45, 2.75) is 19.9 Å². The molecule has 0 fully saturated rings. The minimum absolute atomic E-state index is 0.126. The maximum atomic E-state index is 5.14. The van der Waals surface area contributed by atoms with E-state index in [-0.39, 0.29) is 6.04 Å². The van der Waals surface area contributed by atoms with E-state index < -0.39 is 0 Å². The standard InChI is InChI=1S/C13H17N3O2/c1-9-4-6-11(7-5-9)12-15-13(18-16-12)14-10(2)8-17-3/h4-7,10H,8H2,1-3H3,(H,14,15,16). The molecule has 0 aliphatic heterocycles. The molecule has 0 radical (unpaired) electrons. The van der Waals surface area contributed by atoms with Gasteiger partial charge in [-0.1, -0.05) is 35.0 Å². The summed E-state index contributed by atoms with van der Waals surface area (Å²) in [6.07, 6.45) is 0. The van der Waals surface area contributed by atoms with Gasteiger partial charge in [-0.3, -0.25) is 0 Å². The van der Waals surface area contributed by atoms with Gasteiger partial charge < -0.3 is 14.6 Å². The zero-order valence-corrected chi connectivity index (χ0v) is 10.8. The number of hydrogen-bond donors (Lipinski definition) is 1. The van der Waals surface area contributed by atoms with Gasteiger partial charge in [-0.05, 0) is 13.8 Å². The van der Waals surface area contributed by atoms with Gasteiger partial charge in [-0.15, -0.1) is 0 Å². The molecule has 0 saturated heterocycles. The molecular formula is C13H17N3O2. The number of rotatable bonds is 5. The van der Waals surface area contributed by atoms with Crippen LogP contribution in [0.2, 0.25) is 0 Å². The Hall–Kier alpha value is -1.88. The fourth-order valence-electron chi connectivity index (χ4n) is 1.60. The number of nitrogens with zero attached hydrogens (tertiary/aromatic N) is 2. The quantitative estimate of drug-likeness (QED) is 0.879. The average molecular weight is 247 g/mol. The van der Waals surface area contributed by atoms with Crippen molar-refractivity contribution < 1.29 is 9.26 Å².